The van der Waals surface area contributed by atoms with Gasteiger partial charge in [-0.15, -0.1) is 24.0 Å². The molecule has 0 aliphatic heterocycles. The first-order chi connectivity index (χ1) is 12.2. The molecule has 2 rings (SSSR count). The van der Waals surface area contributed by atoms with E-state index < -0.39 is 0 Å². The normalized spacial score (nSPS) is 11.6. The number of benzene rings is 1. The third kappa shape index (κ3) is 6.39. The maximum atomic E-state index is 13.1. The number of nitrogens with zero attached hydrogens (tertiary/aromatic N) is 4. The summed E-state index contributed by atoms with van der Waals surface area (Å²) in [6.07, 6.45) is 1.20. The summed E-state index contributed by atoms with van der Waals surface area (Å²) in [5, 5.41) is 16.9. The zero-order valence-corrected chi connectivity index (χ0v) is 18.0. The predicted octanol–water partition coefficient (Wildman–Crippen LogP) is 2.72. The van der Waals surface area contributed by atoms with Gasteiger partial charge in [0.15, 0.2) is 5.96 Å². The van der Waals surface area contributed by atoms with Gasteiger partial charge in [-0.2, -0.15) is 10.4 Å². The van der Waals surface area contributed by atoms with E-state index in [1.807, 2.05) is 20.8 Å². The molecule has 0 saturated carbocycles. The lowest BCUT2D eigenvalue weighted by Gasteiger charge is -2.20. The molecule has 5 N–H and O–H groups in total. The van der Waals surface area contributed by atoms with Gasteiger partial charge in [-0.25, -0.2) is 9.07 Å². The Labute approximate surface area is 175 Å². The standard InChI is InChI=1S/C18H24FN7.HI/c1-18(2,3)24-17(22)23-10-4-5-15-14(11-20)16(21)26(25-15)13-8-6-12(19)7-9-13;/h6-9H,4-5,10,21H2,1-3H3,(H3,22,23,24);1H. The molecule has 0 unspecified atom stereocenters. The Morgan fingerprint density at radius 3 is 2.52 bits per heavy atom. The van der Waals surface area contributed by atoms with Crippen LogP contribution in [0.25, 0.3) is 5.69 Å². The number of halogens is 2. The van der Waals surface area contributed by atoms with Gasteiger partial charge in [0.05, 0.1) is 11.4 Å². The lowest BCUT2D eigenvalue weighted by molar-refractivity contribution is 0.508. The van der Waals surface area contributed by atoms with Crippen LogP contribution in [0.15, 0.2) is 29.3 Å². The molecule has 0 fully saturated rings. The first kappa shape index (κ1) is 22.7. The number of guanidine groups is 1. The molecule has 0 radical (unpaired) electrons. The van der Waals surface area contributed by atoms with Gasteiger partial charge >= 0.3 is 0 Å². The molecule has 0 atom stereocenters. The van der Waals surface area contributed by atoms with Crippen molar-refractivity contribution in [1.82, 2.24) is 15.1 Å². The molecular weight excluding hydrogens is 460 g/mol. The summed E-state index contributed by atoms with van der Waals surface area (Å²) in [7, 11) is 0. The third-order valence-corrected chi connectivity index (χ3v) is 3.53. The van der Waals surface area contributed by atoms with E-state index in [1.165, 1.54) is 16.8 Å². The zero-order valence-electron chi connectivity index (χ0n) is 15.7. The summed E-state index contributed by atoms with van der Waals surface area (Å²) in [5.41, 5.74) is 13.2. The molecule has 0 bridgehead atoms. The Hall–Kier alpha value is -2.35. The van der Waals surface area contributed by atoms with Crippen molar-refractivity contribution >= 4 is 35.8 Å². The monoisotopic (exact) mass is 485 g/mol. The van der Waals surface area contributed by atoms with E-state index in [4.69, 9.17) is 11.5 Å². The van der Waals surface area contributed by atoms with Crippen molar-refractivity contribution in [2.45, 2.75) is 39.2 Å². The van der Waals surface area contributed by atoms with Crippen molar-refractivity contribution in [3.8, 4) is 11.8 Å². The van der Waals surface area contributed by atoms with Gasteiger partial charge in [0.2, 0.25) is 0 Å². The minimum atomic E-state index is -0.348. The smallest absolute Gasteiger partial charge is 0.188 e. The average Bonchev–Trinajstić information content (AvgIpc) is 2.86. The lowest BCUT2D eigenvalue weighted by Crippen LogP contribution is -2.45. The Morgan fingerprint density at radius 1 is 1.33 bits per heavy atom. The molecule has 0 aliphatic carbocycles. The SMILES string of the molecule is CC(C)(C)NC(N)=NCCCc1nn(-c2ccc(F)cc2)c(N)c1C#N.I. The number of nitrogens with two attached hydrogens (primary N) is 2. The molecule has 7 nitrogen and oxygen atoms in total. The van der Waals surface area contributed by atoms with Crippen LogP contribution in [0.3, 0.4) is 0 Å². The summed E-state index contributed by atoms with van der Waals surface area (Å²) >= 11 is 0. The second-order valence-electron chi connectivity index (χ2n) is 6.95. The highest BCUT2D eigenvalue weighted by atomic mass is 127. The van der Waals surface area contributed by atoms with Gasteiger partial charge in [0, 0.05) is 12.1 Å². The van der Waals surface area contributed by atoms with Crippen molar-refractivity contribution in [1.29, 1.82) is 5.26 Å². The van der Waals surface area contributed by atoms with Crippen LogP contribution in [0.1, 0.15) is 38.4 Å². The Bertz CT molecular complexity index is 829. The van der Waals surface area contributed by atoms with Crippen LogP contribution in [-0.4, -0.2) is 27.8 Å². The molecular formula is C18H25FIN7. The quantitative estimate of drug-likeness (QED) is 0.261. The van der Waals surface area contributed by atoms with Crippen LogP contribution < -0.4 is 16.8 Å². The van der Waals surface area contributed by atoms with Crippen LogP contribution in [0.5, 0.6) is 0 Å². The van der Waals surface area contributed by atoms with Gasteiger partial charge < -0.3 is 16.8 Å². The van der Waals surface area contributed by atoms with Crippen LogP contribution in [0.2, 0.25) is 0 Å². The first-order valence-corrected chi connectivity index (χ1v) is 8.33. The minimum absolute atomic E-state index is 0. The molecule has 9 heteroatoms. The van der Waals surface area contributed by atoms with Gasteiger partial charge in [0.1, 0.15) is 23.3 Å². The summed E-state index contributed by atoms with van der Waals surface area (Å²) in [6.45, 7) is 6.50. The Balaban J connectivity index is 0.00000364. The molecule has 1 aromatic carbocycles. The molecule has 2 aromatic rings. The van der Waals surface area contributed by atoms with Crippen LogP contribution in [-0.2, 0) is 6.42 Å². The number of aliphatic imine (C=N–C) groups is 1. The fourth-order valence-electron chi connectivity index (χ4n) is 2.42. The highest BCUT2D eigenvalue weighted by Gasteiger charge is 2.16. The zero-order chi connectivity index (χ0) is 19.3. The van der Waals surface area contributed by atoms with Crippen LogP contribution in [0, 0.1) is 17.1 Å². The summed E-state index contributed by atoms with van der Waals surface area (Å²) in [6, 6.07) is 7.86. The number of rotatable bonds is 5. The predicted molar refractivity (Wildman–Crippen MR) is 116 cm³/mol. The second-order valence-corrected chi connectivity index (χ2v) is 6.95. The number of nitriles is 1. The molecule has 0 saturated heterocycles. The van der Waals surface area contributed by atoms with E-state index in [0.29, 0.717) is 42.3 Å². The topological polar surface area (TPSA) is 118 Å². The van der Waals surface area contributed by atoms with Gasteiger partial charge in [-0.3, -0.25) is 4.99 Å². The molecule has 0 aliphatic rings. The van der Waals surface area contributed by atoms with Gasteiger partial charge in [-0.05, 0) is 57.9 Å². The third-order valence-electron chi connectivity index (χ3n) is 3.53. The Morgan fingerprint density at radius 2 is 1.96 bits per heavy atom. The van der Waals surface area contributed by atoms with Crippen LogP contribution >= 0.6 is 24.0 Å². The molecule has 27 heavy (non-hydrogen) atoms. The maximum Gasteiger partial charge on any atom is 0.188 e. The number of hydrogen-bond acceptors (Lipinski definition) is 4. The number of aromatic nitrogens is 2. The number of hydrogen-bond donors (Lipinski definition) is 3. The van der Waals surface area contributed by atoms with Crippen molar-refractivity contribution < 1.29 is 4.39 Å². The van der Waals surface area contributed by atoms with E-state index in [9.17, 15) is 9.65 Å². The summed E-state index contributed by atoms with van der Waals surface area (Å²) < 4.78 is 14.5. The van der Waals surface area contributed by atoms with Gasteiger partial charge in [0.25, 0.3) is 0 Å². The van der Waals surface area contributed by atoms with Crippen molar-refractivity contribution in [2.24, 2.45) is 10.7 Å². The number of anilines is 1. The molecule has 1 heterocycles. The summed E-state index contributed by atoms with van der Waals surface area (Å²) in [5.74, 6) is 0.278. The first-order valence-electron chi connectivity index (χ1n) is 8.33. The van der Waals surface area contributed by atoms with Gasteiger partial charge in [-0.1, -0.05) is 0 Å². The highest BCUT2D eigenvalue weighted by Crippen LogP contribution is 2.21. The number of aryl methyl sites for hydroxylation is 1. The molecule has 0 spiro atoms. The van der Waals surface area contributed by atoms with Crippen LogP contribution in [0.4, 0.5) is 10.2 Å². The van der Waals surface area contributed by atoms with E-state index in [0.717, 1.165) is 0 Å². The molecule has 0 amide bonds. The number of nitrogens with one attached hydrogen (secondary N) is 1. The van der Waals surface area contributed by atoms with Crippen molar-refractivity contribution in [2.75, 3.05) is 12.3 Å². The maximum absolute atomic E-state index is 13.1. The van der Waals surface area contributed by atoms with Crippen molar-refractivity contribution in [3.63, 3.8) is 0 Å². The fourth-order valence-corrected chi connectivity index (χ4v) is 2.42. The second kappa shape index (κ2) is 9.55. The van der Waals surface area contributed by atoms with E-state index in [2.05, 4.69) is 21.5 Å². The summed E-state index contributed by atoms with van der Waals surface area (Å²) in [4.78, 5) is 4.27. The average molecular weight is 485 g/mol. The molecule has 1 aromatic heterocycles. The van der Waals surface area contributed by atoms with E-state index in [-0.39, 0.29) is 41.2 Å². The molecule has 146 valence electrons. The highest BCUT2D eigenvalue weighted by molar-refractivity contribution is 14.0. The van der Waals surface area contributed by atoms with Crippen molar-refractivity contribution in [3.05, 3.63) is 41.3 Å². The van der Waals surface area contributed by atoms with E-state index >= 15 is 0 Å². The fraction of sp³-hybridized carbons (Fsp3) is 0.389. The number of nitrogen functional groups attached to an aromatic ring is 1. The largest absolute Gasteiger partial charge is 0.382 e. The Kier molecular flexibility index (Phi) is 8.02. The van der Waals surface area contributed by atoms with E-state index in [1.54, 1.807) is 12.1 Å². The lowest BCUT2D eigenvalue weighted by atomic mass is 10.1. The minimum Gasteiger partial charge on any atom is -0.382 e.